The SMILES string of the molecule is O=C(Cc1ccc(Cl)cc1F)NCc1ccc(OCc2ccc(F)cc2)cc1. The Morgan fingerprint density at radius 2 is 1.61 bits per heavy atom. The third-order valence-corrected chi connectivity index (χ3v) is 4.33. The van der Waals surface area contributed by atoms with E-state index in [0.29, 0.717) is 29.5 Å². The molecule has 144 valence electrons. The molecule has 0 aliphatic rings. The van der Waals surface area contributed by atoms with Gasteiger partial charge in [0, 0.05) is 11.6 Å². The van der Waals surface area contributed by atoms with Crippen LogP contribution in [0.5, 0.6) is 5.75 Å². The van der Waals surface area contributed by atoms with Crippen LogP contribution in [0.1, 0.15) is 16.7 Å². The van der Waals surface area contributed by atoms with E-state index in [1.165, 1.54) is 24.3 Å². The van der Waals surface area contributed by atoms with Gasteiger partial charge in [0.2, 0.25) is 5.91 Å². The van der Waals surface area contributed by atoms with Gasteiger partial charge in [0.15, 0.2) is 0 Å². The van der Waals surface area contributed by atoms with Crippen molar-refractivity contribution in [1.82, 2.24) is 5.32 Å². The number of hydrogen-bond donors (Lipinski definition) is 1. The first-order valence-electron chi connectivity index (χ1n) is 8.66. The van der Waals surface area contributed by atoms with Crippen LogP contribution in [0, 0.1) is 11.6 Å². The maximum atomic E-state index is 13.7. The predicted molar refractivity (Wildman–Crippen MR) is 104 cm³/mol. The number of carbonyl (C=O) groups is 1. The van der Waals surface area contributed by atoms with Gasteiger partial charge in [-0.2, -0.15) is 0 Å². The van der Waals surface area contributed by atoms with Crippen LogP contribution in [-0.4, -0.2) is 5.91 Å². The van der Waals surface area contributed by atoms with Crippen molar-refractivity contribution >= 4 is 17.5 Å². The van der Waals surface area contributed by atoms with Crippen LogP contribution in [0.2, 0.25) is 5.02 Å². The Morgan fingerprint density at radius 1 is 0.929 bits per heavy atom. The van der Waals surface area contributed by atoms with Gasteiger partial charge in [0.25, 0.3) is 0 Å². The zero-order valence-corrected chi connectivity index (χ0v) is 15.7. The third kappa shape index (κ3) is 5.79. The minimum Gasteiger partial charge on any atom is -0.489 e. The van der Waals surface area contributed by atoms with Gasteiger partial charge in [-0.25, -0.2) is 8.78 Å². The number of hydrogen-bond acceptors (Lipinski definition) is 2. The van der Waals surface area contributed by atoms with Crippen LogP contribution >= 0.6 is 11.6 Å². The number of ether oxygens (including phenoxy) is 1. The third-order valence-electron chi connectivity index (χ3n) is 4.10. The van der Waals surface area contributed by atoms with Crippen LogP contribution < -0.4 is 10.1 Å². The minimum absolute atomic E-state index is 0.0537. The molecule has 0 aliphatic carbocycles. The summed E-state index contributed by atoms with van der Waals surface area (Å²) in [6.45, 7) is 0.662. The van der Waals surface area contributed by atoms with Crippen LogP contribution in [0.3, 0.4) is 0 Å². The Balaban J connectivity index is 1.47. The van der Waals surface area contributed by atoms with Crippen molar-refractivity contribution in [1.29, 1.82) is 0 Å². The number of carbonyl (C=O) groups excluding carboxylic acids is 1. The molecule has 3 nitrogen and oxygen atoms in total. The van der Waals surface area contributed by atoms with Crippen molar-refractivity contribution in [2.24, 2.45) is 0 Å². The Bertz CT molecular complexity index is 944. The molecule has 3 aromatic carbocycles. The normalized spacial score (nSPS) is 10.5. The van der Waals surface area contributed by atoms with E-state index in [9.17, 15) is 13.6 Å². The summed E-state index contributed by atoms with van der Waals surface area (Å²) in [5, 5.41) is 3.05. The molecule has 0 saturated carbocycles. The standard InChI is InChI=1S/C22H18ClF2NO2/c23-18-6-5-17(21(25)12-18)11-22(27)26-13-15-3-9-20(10-4-15)28-14-16-1-7-19(24)8-2-16/h1-10,12H,11,13-14H2,(H,26,27). The van der Waals surface area contributed by atoms with E-state index < -0.39 is 5.82 Å². The van der Waals surface area contributed by atoms with E-state index in [2.05, 4.69) is 5.32 Å². The first-order valence-corrected chi connectivity index (χ1v) is 9.04. The van der Waals surface area contributed by atoms with Crippen molar-refractivity contribution in [2.75, 3.05) is 0 Å². The molecule has 28 heavy (non-hydrogen) atoms. The largest absolute Gasteiger partial charge is 0.489 e. The first-order chi connectivity index (χ1) is 13.5. The fraction of sp³-hybridized carbons (Fsp3) is 0.136. The van der Waals surface area contributed by atoms with Crippen LogP contribution in [0.25, 0.3) is 0 Å². The monoisotopic (exact) mass is 401 g/mol. The molecule has 0 radical (unpaired) electrons. The molecule has 6 heteroatoms. The van der Waals surface area contributed by atoms with Crippen LogP contribution in [0.4, 0.5) is 8.78 Å². The van der Waals surface area contributed by atoms with Crippen molar-refractivity contribution in [2.45, 2.75) is 19.6 Å². The first kappa shape index (κ1) is 19.8. The summed E-state index contributed by atoms with van der Waals surface area (Å²) in [6.07, 6.45) is -0.0537. The molecule has 0 unspecified atom stereocenters. The van der Waals surface area contributed by atoms with Gasteiger partial charge in [0.05, 0.1) is 6.42 Å². The van der Waals surface area contributed by atoms with Gasteiger partial charge < -0.3 is 10.1 Å². The van der Waals surface area contributed by atoms with Gasteiger partial charge in [-0.15, -0.1) is 0 Å². The second-order valence-corrected chi connectivity index (χ2v) is 6.68. The van der Waals surface area contributed by atoms with Crippen molar-refractivity contribution < 1.29 is 18.3 Å². The zero-order valence-electron chi connectivity index (χ0n) is 14.9. The number of benzene rings is 3. The molecule has 1 amide bonds. The second-order valence-electron chi connectivity index (χ2n) is 6.25. The summed E-state index contributed by atoms with van der Waals surface area (Å²) in [5.41, 5.74) is 2.05. The molecule has 0 spiro atoms. The summed E-state index contributed by atoms with van der Waals surface area (Å²) in [4.78, 5) is 12.0. The molecular weight excluding hydrogens is 384 g/mol. The van der Waals surface area contributed by atoms with Crippen LogP contribution in [-0.2, 0) is 24.4 Å². The highest BCUT2D eigenvalue weighted by atomic mass is 35.5. The topological polar surface area (TPSA) is 38.3 Å². The molecule has 0 atom stereocenters. The van der Waals surface area contributed by atoms with Gasteiger partial charge in [-0.3, -0.25) is 4.79 Å². The molecule has 0 bridgehead atoms. The van der Waals surface area contributed by atoms with E-state index in [0.717, 1.165) is 11.1 Å². The average molecular weight is 402 g/mol. The fourth-order valence-corrected chi connectivity index (χ4v) is 2.71. The average Bonchev–Trinajstić information content (AvgIpc) is 2.69. The van der Waals surface area contributed by atoms with Crippen molar-refractivity contribution in [3.05, 3.63) is 100 Å². The second kappa shape index (κ2) is 9.33. The molecular formula is C22H18ClF2NO2. The molecule has 0 aliphatic heterocycles. The van der Waals surface area contributed by atoms with E-state index in [1.807, 2.05) is 12.1 Å². The molecule has 0 heterocycles. The van der Waals surface area contributed by atoms with E-state index >= 15 is 0 Å². The lowest BCUT2D eigenvalue weighted by Crippen LogP contribution is -2.24. The van der Waals surface area contributed by atoms with Gasteiger partial charge in [-0.05, 0) is 53.1 Å². The maximum absolute atomic E-state index is 13.7. The lowest BCUT2D eigenvalue weighted by molar-refractivity contribution is -0.120. The summed E-state index contributed by atoms with van der Waals surface area (Å²) in [7, 11) is 0. The molecule has 1 N–H and O–H groups in total. The highest BCUT2D eigenvalue weighted by Gasteiger charge is 2.09. The Morgan fingerprint density at radius 3 is 2.29 bits per heavy atom. The Hall–Kier alpha value is -2.92. The zero-order chi connectivity index (χ0) is 19.9. The quantitative estimate of drug-likeness (QED) is 0.601. The molecule has 0 aromatic heterocycles. The summed E-state index contributed by atoms with van der Waals surface area (Å²) >= 11 is 5.71. The van der Waals surface area contributed by atoms with Crippen molar-refractivity contribution in [3.63, 3.8) is 0 Å². The van der Waals surface area contributed by atoms with Crippen LogP contribution in [0.15, 0.2) is 66.7 Å². The lowest BCUT2D eigenvalue weighted by Gasteiger charge is -2.09. The number of rotatable bonds is 7. The van der Waals surface area contributed by atoms with Gasteiger partial charge >= 0.3 is 0 Å². The van der Waals surface area contributed by atoms with Crippen molar-refractivity contribution in [3.8, 4) is 5.75 Å². The lowest BCUT2D eigenvalue weighted by atomic mass is 10.1. The number of amides is 1. The van der Waals surface area contributed by atoms with E-state index in [1.54, 1.807) is 30.3 Å². The Kier molecular flexibility index (Phi) is 6.61. The number of halogens is 3. The highest BCUT2D eigenvalue weighted by Crippen LogP contribution is 2.16. The minimum atomic E-state index is -0.495. The highest BCUT2D eigenvalue weighted by molar-refractivity contribution is 6.30. The Labute approximate surface area is 166 Å². The number of nitrogens with one attached hydrogen (secondary N) is 1. The predicted octanol–water partition coefficient (Wildman–Crippen LogP) is 5.06. The fourth-order valence-electron chi connectivity index (χ4n) is 2.55. The maximum Gasteiger partial charge on any atom is 0.224 e. The van der Waals surface area contributed by atoms with Gasteiger partial charge in [0.1, 0.15) is 24.0 Å². The summed E-state index contributed by atoms with van der Waals surface area (Å²) in [5.74, 6) is -0.389. The van der Waals surface area contributed by atoms with E-state index in [-0.39, 0.29) is 18.1 Å². The molecule has 3 rings (SSSR count). The smallest absolute Gasteiger partial charge is 0.224 e. The molecule has 0 fully saturated rings. The molecule has 0 saturated heterocycles. The van der Waals surface area contributed by atoms with E-state index in [4.69, 9.17) is 16.3 Å². The molecule has 3 aromatic rings. The van der Waals surface area contributed by atoms with Gasteiger partial charge in [-0.1, -0.05) is 41.9 Å². The summed E-state index contributed by atoms with van der Waals surface area (Å²) in [6, 6.07) is 17.6. The summed E-state index contributed by atoms with van der Waals surface area (Å²) < 4.78 is 32.3.